The monoisotopic (exact) mass is 294 g/mol. The molecule has 1 aromatic carbocycles. The molecule has 0 bridgehead atoms. The number of carboxylic acid groups (broad SMARTS) is 1. The lowest BCUT2D eigenvalue weighted by molar-refractivity contribution is -0.135. The van der Waals surface area contributed by atoms with E-state index in [1.54, 1.807) is 24.1 Å². The Hall–Kier alpha value is -2.08. The summed E-state index contributed by atoms with van der Waals surface area (Å²) in [6.07, 6.45) is 0. The summed E-state index contributed by atoms with van der Waals surface area (Å²) in [5, 5.41) is 9.04. The van der Waals surface area contributed by atoms with Gasteiger partial charge < -0.3 is 14.7 Å². The van der Waals surface area contributed by atoms with Crippen molar-refractivity contribution in [3.63, 3.8) is 0 Å². The van der Waals surface area contributed by atoms with E-state index in [0.717, 1.165) is 5.56 Å². The second kappa shape index (κ2) is 8.26. The molecule has 6 nitrogen and oxygen atoms in total. The van der Waals surface area contributed by atoms with Gasteiger partial charge in [0.1, 0.15) is 6.54 Å². The van der Waals surface area contributed by atoms with Crippen LogP contribution in [0.15, 0.2) is 24.3 Å². The van der Waals surface area contributed by atoms with Gasteiger partial charge in [0.2, 0.25) is 0 Å². The van der Waals surface area contributed by atoms with Crippen molar-refractivity contribution in [2.45, 2.75) is 13.8 Å². The number of methoxy groups -OCH3 is 1. The molecule has 0 atom stereocenters. The van der Waals surface area contributed by atoms with Gasteiger partial charge in [0.05, 0.1) is 6.61 Å². The molecule has 0 radical (unpaired) electrons. The molecule has 2 amide bonds. The Morgan fingerprint density at radius 3 is 2.33 bits per heavy atom. The smallest absolute Gasteiger partial charge is 0.325 e. The van der Waals surface area contributed by atoms with E-state index in [1.165, 1.54) is 4.90 Å². The van der Waals surface area contributed by atoms with Crippen LogP contribution >= 0.6 is 0 Å². The van der Waals surface area contributed by atoms with E-state index in [-0.39, 0.29) is 12.6 Å². The number of carbonyl (C=O) groups excluding carboxylic acids is 1. The van der Waals surface area contributed by atoms with Crippen molar-refractivity contribution >= 4 is 17.7 Å². The lowest BCUT2D eigenvalue weighted by atomic mass is 10.2. The van der Waals surface area contributed by atoms with Crippen LogP contribution in [-0.2, 0) is 9.53 Å². The fraction of sp³-hybridized carbons (Fsp3) is 0.467. The summed E-state index contributed by atoms with van der Waals surface area (Å²) in [6.45, 7) is 4.74. The number of anilines is 1. The van der Waals surface area contributed by atoms with Crippen molar-refractivity contribution in [2.75, 3.05) is 38.3 Å². The number of ether oxygens (including phenoxy) is 1. The Labute approximate surface area is 124 Å². The van der Waals surface area contributed by atoms with E-state index >= 15 is 0 Å². The van der Waals surface area contributed by atoms with Gasteiger partial charge in [-0.2, -0.15) is 0 Å². The summed E-state index contributed by atoms with van der Waals surface area (Å²) in [7, 11) is 1.56. The number of aryl methyl sites for hydroxylation is 1. The van der Waals surface area contributed by atoms with Crippen molar-refractivity contribution in [2.24, 2.45) is 0 Å². The van der Waals surface area contributed by atoms with Crippen LogP contribution in [0.3, 0.4) is 0 Å². The average Bonchev–Trinajstić information content (AvgIpc) is 2.46. The second-order valence-corrected chi connectivity index (χ2v) is 4.67. The number of amides is 2. The Morgan fingerprint density at radius 2 is 1.86 bits per heavy atom. The number of hydrogen-bond donors (Lipinski definition) is 1. The highest BCUT2D eigenvalue weighted by Gasteiger charge is 2.23. The van der Waals surface area contributed by atoms with E-state index in [9.17, 15) is 9.59 Å². The molecule has 0 spiro atoms. The molecule has 0 saturated carbocycles. The minimum Gasteiger partial charge on any atom is -0.480 e. The summed E-state index contributed by atoms with van der Waals surface area (Å²) in [6, 6.07) is 6.87. The lowest BCUT2D eigenvalue weighted by Gasteiger charge is -2.29. The largest absolute Gasteiger partial charge is 0.480 e. The van der Waals surface area contributed by atoms with Crippen molar-refractivity contribution in [1.82, 2.24) is 4.90 Å². The van der Waals surface area contributed by atoms with Gasteiger partial charge in [0, 0.05) is 25.9 Å². The number of hydrogen-bond acceptors (Lipinski definition) is 3. The number of benzene rings is 1. The lowest BCUT2D eigenvalue weighted by Crippen LogP contribution is -2.46. The van der Waals surface area contributed by atoms with Crippen LogP contribution in [-0.4, -0.2) is 55.4 Å². The third kappa shape index (κ3) is 5.07. The number of rotatable bonds is 7. The number of aliphatic carboxylic acids is 1. The maximum atomic E-state index is 12.5. The molecule has 0 aromatic heterocycles. The van der Waals surface area contributed by atoms with E-state index in [2.05, 4.69) is 0 Å². The molecular weight excluding hydrogens is 272 g/mol. The third-order valence-corrected chi connectivity index (χ3v) is 3.09. The molecule has 21 heavy (non-hydrogen) atoms. The molecule has 0 heterocycles. The standard InChI is InChI=1S/C15H22N2O4/c1-4-16(9-10-21-3)15(20)17(11-14(18)19)13-7-5-12(2)6-8-13/h5-8H,4,9-11H2,1-3H3,(H,18,19). The van der Waals surface area contributed by atoms with Crippen molar-refractivity contribution < 1.29 is 19.4 Å². The zero-order chi connectivity index (χ0) is 15.8. The van der Waals surface area contributed by atoms with Gasteiger partial charge in [-0.3, -0.25) is 9.69 Å². The quantitative estimate of drug-likeness (QED) is 0.834. The van der Waals surface area contributed by atoms with Gasteiger partial charge >= 0.3 is 12.0 Å². The number of nitrogens with zero attached hydrogens (tertiary/aromatic N) is 2. The highest BCUT2D eigenvalue weighted by molar-refractivity contribution is 5.96. The number of carbonyl (C=O) groups is 2. The Bertz CT molecular complexity index is 473. The first-order valence-electron chi connectivity index (χ1n) is 6.83. The predicted molar refractivity (Wildman–Crippen MR) is 80.7 cm³/mol. The fourth-order valence-corrected chi connectivity index (χ4v) is 1.89. The highest BCUT2D eigenvalue weighted by Crippen LogP contribution is 2.17. The molecule has 0 saturated heterocycles. The fourth-order valence-electron chi connectivity index (χ4n) is 1.89. The summed E-state index contributed by atoms with van der Waals surface area (Å²) >= 11 is 0. The molecule has 116 valence electrons. The van der Waals surface area contributed by atoms with Crippen molar-refractivity contribution in [3.05, 3.63) is 29.8 Å². The van der Waals surface area contributed by atoms with E-state index in [0.29, 0.717) is 25.4 Å². The summed E-state index contributed by atoms with van der Waals surface area (Å²) in [4.78, 5) is 26.4. The highest BCUT2D eigenvalue weighted by atomic mass is 16.5. The summed E-state index contributed by atoms with van der Waals surface area (Å²) < 4.78 is 4.98. The Balaban J connectivity index is 2.97. The second-order valence-electron chi connectivity index (χ2n) is 4.67. The van der Waals surface area contributed by atoms with Crippen LogP contribution in [0.4, 0.5) is 10.5 Å². The first-order valence-corrected chi connectivity index (χ1v) is 6.83. The molecule has 0 fully saturated rings. The van der Waals surface area contributed by atoms with Gasteiger partial charge in [-0.05, 0) is 26.0 Å². The first-order chi connectivity index (χ1) is 9.99. The van der Waals surface area contributed by atoms with Gasteiger partial charge in [-0.25, -0.2) is 4.79 Å². The zero-order valence-corrected chi connectivity index (χ0v) is 12.7. The molecule has 1 rings (SSSR count). The molecule has 0 unspecified atom stereocenters. The van der Waals surface area contributed by atoms with E-state index in [1.807, 2.05) is 26.0 Å². The zero-order valence-electron chi connectivity index (χ0n) is 12.7. The third-order valence-electron chi connectivity index (χ3n) is 3.09. The maximum Gasteiger partial charge on any atom is 0.325 e. The maximum absolute atomic E-state index is 12.5. The van der Waals surface area contributed by atoms with E-state index < -0.39 is 5.97 Å². The van der Waals surface area contributed by atoms with Crippen molar-refractivity contribution in [3.8, 4) is 0 Å². The van der Waals surface area contributed by atoms with Gasteiger partial charge in [-0.15, -0.1) is 0 Å². The summed E-state index contributed by atoms with van der Waals surface area (Å²) in [5.74, 6) is -1.05. The number of urea groups is 1. The van der Waals surface area contributed by atoms with Crippen LogP contribution < -0.4 is 4.90 Å². The molecule has 0 aliphatic heterocycles. The summed E-state index contributed by atoms with van der Waals surface area (Å²) in [5.41, 5.74) is 1.62. The minimum absolute atomic E-state index is 0.333. The Morgan fingerprint density at radius 1 is 1.24 bits per heavy atom. The minimum atomic E-state index is -1.05. The van der Waals surface area contributed by atoms with Crippen LogP contribution in [0.2, 0.25) is 0 Å². The SMILES string of the molecule is CCN(CCOC)C(=O)N(CC(=O)O)c1ccc(C)cc1. The number of carboxylic acids is 1. The molecular formula is C15H22N2O4. The molecule has 0 aliphatic carbocycles. The molecule has 0 aliphatic rings. The predicted octanol–water partition coefficient (Wildman–Crippen LogP) is 1.97. The molecule has 1 N–H and O–H groups in total. The van der Waals surface area contributed by atoms with Crippen LogP contribution in [0.25, 0.3) is 0 Å². The average molecular weight is 294 g/mol. The van der Waals surface area contributed by atoms with Gasteiger partial charge in [-0.1, -0.05) is 17.7 Å². The number of likely N-dealkylation sites (N-methyl/N-ethyl adjacent to an activating group) is 1. The normalized spacial score (nSPS) is 10.2. The van der Waals surface area contributed by atoms with Crippen molar-refractivity contribution in [1.29, 1.82) is 0 Å². The van der Waals surface area contributed by atoms with Crippen LogP contribution in [0.5, 0.6) is 0 Å². The Kier molecular flexibility index (Phi) is 6.68. The van der Waals surface area contributed by atoms with Gasteiger partial charge in [0.15, 0.2) is 0 Å². The molecule has 1 aromatic rings. The first kappa shape index (κ1) is 17.0. The topological polar surface area (TPSA) is 70.1 Å². The van der Waals surface area contributed by atoms with Gasteiger partial charge in [0.25, 0.3) is 0 Å². The molecule has 6 heteroatoms. The van der Waals surface area contributed by atoms with E-state index in [4.69, 9.17) is 9.84 Å². The van der Waals surface area contributed by atoms with Crippen LogP contribution in [0, 0.1) is 6.92 Å². The van der Waals surface area contributed by atoms with Crippen LogP contribution in [0.1, 0.15) is 12.5 Å².